The maximum Gasteiger partial charge on any atom is 0.405 e. The van der Waals surface area contributed by atoms with E-state index in [9.17, 15) is 9.59 Å². The Hall–Kier alpha value is -1.57. The summed E-state index contributed by atoms with van der Waals surface area (Å²) in [6.45, 7) is 0.488. The SMILES string of the molecule is CN1C(=O)C(NC(=O)O)CCn2nc(Br)cc21. The summed E-state index contributed by atoms with van der Waals surface area (Å²) in [5.74, 6) is 0.370. The number of hydrogen-bond donors (Lipinski definition) is 2. The van der Waals surface area contributed by atoms with E-state index >= 15 is 0 Å². The standard InChI is InChI=1S/C9H11BrN4O3/c1-13-7-4-6(10)12-14(7)3-2-5(8(13)15)11-9(16)17/h4-5,11H,2-3H2,1H3,(H,16,17). The number of hydrogen-bond acceptors (Lipinski definition) is 3. The summed E-state index contributed by atoms with van der Waals surface area (Å²) in [4.78, 5) is 24.0. The van der Waals surface area contributed by atoms with Crippen molar-refractivity contribution < 1.29 is 14.7 Å². The number of likely N-dealkylation sites (N-methyl/N-ethyl adjacent to an activating group) is 1. The molecule has 1 aliphatic heterocycles. The van der Waals surface area contributed by atoms with Crippen molar-refractivity contribution in [3.8, 4) is 0 Å². The monoisotopic (exact) mass is 302 g/mol. The molecule has 0 saturated carbocycles. The highest BCUT2D eigenvalue weighted by Crippen LogP contribution is 2.23. The van der Waals surface area contributed by atoms with Crippen LogP contribution in [0.2, 0.25) is 0 Å². The van der Waals surface area contributed by atoms with E-state index in [2.05, 4.69) is 26.3 Å². The maximum atomic E-state index is 12.0. The molecule has 2 rings (SSSR count). The van der Waals surface area contributed by atoms with Gasteiger partial charge in [0.1, 0.15) is 16.5 Å². The number of nitrogens with one attached hydrogen (secondary N) is 1. The molecule has 0 aliphatic carbocycles. The van der Waals surface area contributed by atoms with Crippen LogP contribution in [0, 0.1) is 0 Å². The molecule has 0 bridgehead atoms. The zero-order chi connectivity index (χ0) is 12.6. The number of rotatable bonds is 1. The molecule has 2 amide bonds. The fourth-order valence-electron chi connectivity index (χ4n) is 1.82. The molecular formula is C9H11BrN4O3. The average Bonchev–Trinajstić information content (AvgIpc) is 2.59. The van der Waals surface area contributed by atoms with E-state index in [1.807, 2.05) is 0 Å². The number of amides is 2. The summed E-state index contributed by atoms with van der Waals surface area (Å²) >= 11 is 3.24. The van der Waals surface area contributed by atoms with Gasteiger partial charge in [-0.15, -0.1) is 0 Å². The van der Waals surface area contributed by atoms with Gasteiger partial charge in [0, 0.05) is 19.7 Å². The van der Waals surface area contributed by atoms with E-state index in [0.717, 1.165) is 0 Å². The van der Waals surface area contributed by atoms with Gasteiger partial charge in [-0.3, -0.25) is 9.69 Å². The Kier molecular flexibility index (Phi) is 3.05. The van der Waals surface area contributed by atoms with Crippen molar-refractivity contribution >= 4 is 33.7 Å². The van der Waals surface area contributed by atoms with Gasteiger partial charge >= 0.3 is 6.09 Å². The molecule has 1 atom stereocenters. The number of carbonyl (C=O) groups is 2. The van der Waals surface area contributed by atoms with Crippen LogP contribution in [-0.4, -0.2) is 40.0 Å². The van der Waals surface area contributed by atoms with E-state index in [0.29, 0.717) is 23.4 Å². The summed E-state index contributed by atoms with van der Waals surface area (Å²) in [7, 11) is 1.60. The average molecular weight is 303 g/mol. The molecule has 2 heterocycles. The van der Waals surface area contributed by atoms with Gasteiger partial charge in [-0.05, 0) is 22.4 Å². The third-order valence-corrected chi connectivity index (χ3v) is 3.02. The molecule has 0 spiro atoms. The van der Waals surface area contributed by atoms with Crippen LogP contribution in [0.1, 0.15) is 6.42 Å². The molecule has 7 nitrogen and oxygen atoms in total. The molecule has 1 unspecified atom stereocenters. The second-order valence-electron chi connectivity index (χ2n) is 3.74. The van der Waals surface area contributed by atoms with Gasteiger partial charge in [-0.25, -0.2) is 9.48 Å². The molecule has 0 aromatic carbocycles. The summed E-state index contributed by atoms with van der Waals surface area (Å²) < 4.78 is 2.32. The Bertz CT molecular complexity index is 473. The predicted molar refractivity (Wildman–Crippen MR) is 62.9 cm³/mol. The van der Waals surface area contributed by atoms with Crippen LogP contribution in [-0.2, 0) is 11.3 Å². The number of aromatic nitrogens is 2. The van der Waals surface area contributed by atoms with Gasteiger partial charge in [0.15, 0.2) is 0 Å². The highest BCUT2D eigenvalue weighted by atomic mass is 79.9. The molecule has 92 valence electrons. The Labute approximate surface area is 106 Å². The van der Waals surface area contributed by atoms with Crippen LogP contribution in [0.25, 0.3) is 0 Å². The largest absolute Gasteiger partial charge is 0.465 e. The molecule has 2 N–H and O–H groups in total. The number of halogens is 1. The lowest BCUT2D eigenvalue weighted by molar-refractivity contribution is -0.120. The van der Waals surface area contributed by atoms with E-state index < -0.39 is 12.1 Å². The van der Waals surface area contributed by atoms with E-state index in [-0.39, 0.29) is 5.91 Å². The van der Waals surface area contributed by atoms with Crippen LogP contribution in [0.5, 0.6) is 0 Å². The molecular weight excluding hydrogens is 292 g/mol. The minimum atomic E-state index is -1.20. The lowest BCUT2D eigenvalue weighted by Gasteiger charge is -2.19. The van der Waals surface area contributed by atoms with Crippen molar-refractivity contribution in [1.82, 2.24) is 15.1 Å². The van der Waals surface area contributed by atoms with Crippen LogP contribution >= 0.6 is 15.9 Å². The van der Waals surface area contributed by atoms with Crippen LogP contribution < -0.4 is 10.2 Å². The quantitative estimate of drug-likeness (QED) is 0.797. The molecule has 0 radical (unpaired) electrons. The van der Waals surface area contributed by atoms with Crippen LogP contribution in [0.15, 0.2) is 10.7 Å². The Morgan fingerprint density at radius 1 is 1.71 bits per heavy atom. The summed E-state index contributed by atoms with van der Waals surface area (Å²) in [5, 5.41) is 15.0. The number of fused-ring (bicyclic) bond motifs is 1. The molecule has 0 fully saturated rings. The van der Waals surface area contributed by atoms with Crippen LogP contribution in [0.4, 0.5) is 10.6 Å². The molecule has 0 saturated heterocycles. The Morgan fingerprint density at radius 3 is 3.06 bits per heavy atom. The predicted octanol–water partition coefficient (Wildman–Crippen LogP) is 0.648. The molecule has 1 aliphatic rings. The van der Waals surface area contributed by atoms with Crippen molar-refractivity contribution in [2.45, 2.75) is 19.0 Å². The van der Waals surface area contributed by atoms with E-state index in [4.69, 9.17) is 5.11 Å². The van der Waals surface area contributed by atoms with Crippen molar-refractivity contribution in [2.75, 3.05) is 11.9 Å². The highest BCUT2D eigenvalue weighted by molar-refractivity contribution is 9.10. The zero-order valence-electron chi connectivity index (χ0n) is 9.05. The number of anilines is 1. The van der Waals surface area contributed by atoms with Crippen molar-refractivity contribution in [3.05, 3.63) is 10.7 Å². The van der Waals surface area contributed by atoms with Gasteiger partial charge in [0.25, 0.3) is 5.91 Å². The smallest absolute Gasteiger partial charge is 0.405 e. The third-order valence-electron chi connectivity index (χ3n) is 2.63. The van der Waals surface area contributed by atoms with Gasteiger partial charge in [-0.2, -0.15) is 5.10 Å². The lowest BCUT2D eigenvalue weighted by atomic mass is 10.2. The number of carboxylic acid groups (broad SMARTS) is 1. The van der Waals surface area contributed by atoms with Gasteiger partial charge in [0.2, 0.25) is 0 Å². The first-order chi connectivity index (χ1) is 7.99. The first-order valence-corrected chi connectivity index (χ1v) is 5.78. The number of nitrogens with zero attached hydrogens (tertiary/aromatic N) is 3. The fourth-order valence-corrected chi connectivity index (χ4v) is 2.21. The normalized spacial score (nSPS) is 19.8. The van der Waals surface area contributed by atoms with Crippen molar-refractivity contribution in [2.24, 2.45) is 0 Å². The second kappa shape index (κ2) is 4.36. The first-order valence-electron chi connectivity index (χ1n) is 4.99. The third kappa shape index (κ3) is 2.26. The summed E-state index contributed by atoms with van der Waals surface area (Å²) in [6, 6.07) is 0.999. The van der Waals surface area contributed by atoms with Gasteiger partial charge in [0.05, 0.1) is 0 Å². The first kappa shape index (κ1) is 11.9. The molecule has 17 heavy (non-hydrogen) atoms. The fraction of sp³-hybridized carbons (Fsp3) is 0.444. The molecule has 8 heteroatoms. The van der Waals surface area contributed by atoms with Gasteiger partial charge in [-0.1, -0.05) is 0 Å². The van der Waals surface area contributed by atoms with Crippen molar-refractivity contribution in [1.29, 1.82) is 0 Å². The highest BCUT2D eigenvalue weighted by Gasteiger charge is 2.30. The van der Waals surface area contributed by atoms with Gasteiger partial charge < -0.3 is 10.4 Å². The number of carbonyl (C=O) groups excluding carboxylic acids is 1. The van der Waals surface area contributed by atoms with Crippen LogP contribution in [0.3, 0.4) is 0 Å². The topological polar surface area (TPSA) is 87.5 Å². The summed E-state index contributed by atoms with van der Waals surface area (Å²) in [6.07, 6.45) is -0.811. The second-order valence-corrected chi connectivity index (χ2v) is 4.55. The molecule has 1 aromatic rings. The minimum absolute atomic E-state index is 0.279. The minimum Gasteiger partial charge on any atom is -0.465 e. The van der Waals surface area contributed by atoms with E-state index in [1.165, 1.54) is 4.90 Å². The summed E-state index contributed by atoms with van der Waals surface area (Å²) in [5.41, 5.74) is 0. The molecule has 1 aromatic heterocycles. The maximum absolute atomic E-state index is 12.0. The lowest BCUT2D eigenvalue weighted by Crippen LogP contribution is -2.46. The zero-order valence-corrected chi connectivity index (χ0v) is 10.6. The Morgan fingerprint density at radius 2 is 2.41 bits per heavy atom. The van der Waals surface area contributed by atoms with E-state index in [1.54, 1.807) is 17.8 Å². The Balaban J connectivity index is 2.27. The number of aryl methyl sites for hydroxylation is 1. The van der Waals surface area contributed by atoms with Crippen molar-refractivity contribution in [3.63, 3.8) is 0 Å².